The van der Waals surface area contributed by atoms with Crippen LogP contribution in [0.4, 0.5) is 0 Å². The van der Waals surface area contributed by atoms with Crippen molar-refractivity contribution in [2.45, 2.75) is 39.5 Å². The zero-order valence-corrected chi connectivity index (χ0v) is 14.5. The summed E-state index contributed by atoms with van der Waals surface area (Å²) < 4.78 is 0. The Labute approximate surface area is 144 Å². The molecular formula is C22H24N2. The molecule has 24 heavy (non-hydrogen) atoms. The van der Waals surface area contributed by atoms with Crippen LogP contribution in [0.15, 0.2) is 60.9 Å². The molecule has 0 bridgehead atoms. The van der Waals surface area contributed by atoms with Gasteiger partial charge >= 0.3 is 0 Å². The number of benzene rings is 2. The molecule has 0 aliphatic rings. The second kappa shape index (κ2) is 7.87. The Bertz CT molecular complexity index is 757. The molecule has 0 aliphatic carbocycles. The molecule has 2 aromatic carbocycles. The SMILES string of the molecule is CCCCc1cnc(-c2ccc(-c3ccc(CC)cc3)cc2)nc1. The fourth-order valence-electron chi connectivity index (χ4n) is 2.76. The smallest absolute Gasteiger partial charge is 0.159 e. The Morgan fingerprint density at radius 1 is 0.667 bits per heavy atom. The first-order chi connectivity index (χ1) is 11.8. The van der Waals surface area contributed by atoms with E-state index in [1.807, 2.05) is 12.4 Å². The van der Waals surface area contributed by atoms with Crippen LogP contribution in [0.2, 0.25) is 0 Å². The van der Waals surface area contributed by atoms with Crippen molar-refractivity contribution in [3.05, 3.63) is 72.1 Å². The van der Waals surface area contributed by atoms with Crippen LogP contribution in [-0.2, 0) is 12.8 Å². The van der Waals surface area contributed by atoms with Gasteiger partial charge in [-0.2, -0.15) is 0 Å². The van der Waals surface area contributed by atoms with Gasteiger partial charge in [0.05, 0.1) is 0 Å². The zero-order valence-electron chi connectivity index (χ0n) is 14.5. The second-order valence-corrected chi connectivity index (χ2v) is 6.15. The number of hydrogen-bond acceptors (Lipinski definition) is 2. The van der Waals surface area contributed by atoms with Gasteiger partial charge in [-0.25, -0.2) is 9.97 Å². The van der Waals surface area contributed by atoms with E-state index in [4.69, 9.17) is 0 Å². The molecule has 0 atom stereocenters. The van der Waals surface area contributed by atoms with Crippen molar-refractivity contribution >= 4 is 0 Å². The standard InChI is InChI=1S/C22H24N2/c1-3-5-6-18-15-23-22(24-16-18)21-13-11-20(12-14-21)19-9-7-17(4-2)8-10-19/h7-16H,3-6H2,1-2H3. The molecule has 0 saturated heterocycles. The van der Waals surface area contributed by atoms with Crippen molar-refractivity contribution in [1.29, 1.82) is 0 Å². The molecule has 2 nitrogen and oxygen atoms in total. The first-order valence-corrected chi connectivity index (χ1v) is 8.81. The highest BCUT2D eigenvalue weighted by atomic mass is 14.9. The molecule has 0 amide bonds. The Morgan fingerprint density at radius 2 is 1.21 bits per heavy atom. The van der Waals surface area contributed by atoms with Crippen molar-refractivity contribution < 1.29 is 0 Å². The molecule has 3 aromatic rings. The summed E-state index contributed by atoms with van der Waals surface area (Å²) in [6.45, 7) is 4.38. The number of hydrogen-bond donors (Lipinski definition) is 0. The Morgan fingerprint density at radius 3 is 1.75 bits per heavy atom. The third-order valence-electron chi connectivity index (χ3n) is 4.36. The van der Waals surface area contributed by atoms with Gasteiger partial charge in [-0.3, -0.25) is 0 Å². The van der Waals surface area contributed by atoms with E-state index in [0.29, 0.717) is 0 Å². The lowest BCUT2D eigenvalue weighted by atomic mass is 10.0. The summed E-state index contributed by atoms with van der Waals surface area (Å²) in [6, 6.07) is 17.3. The summed E-state index contributed by atoms with van der Waals surface area (Å²) in [5.74, 6) is 0.795. The van der Waals surface area contributed by atoms with Crippen LogP contribution >= 0.6 is 0 Å². The van der Waals surface area contributed by atoms with Crippen LogP contribution in [0.5, 0.6) is 0 Å². The van der Waals surface area contributed by atoms with Crippen molar-refractivity contribution in [3.8, 4) is 22.5 Å². The third-order valence-corrected chi connectivity index (χ3v) is 4.36. The maximum absolute atomic E-state index is 4.52. The lowest BCUT2D eigenvalue weighted by Crippen LogP contribution is -1.93. The van der Waals surface area contributed by atoms with E-state index in [0.717, 1.165) is 24.2 Å². The molecular weight excluding hydrogens is 292 g/mol. The van der Waals surface area contributed by atoms with E-state index >= 15 is 0 Å². The second-order valence-electron chi connectivity index (χ2n) is 6.15. The largest absolute Gasteiger partial charge is 0.236 e. The van der Waals surface area contributed by atoms with E-state index in [-0.39, 0.29) is 0 Å². The molecule has 2 heteroatoms. The fourth-order valence-corrected chi connectivity index (χ4v) is 2.76. The monoisotopic (exact) mass is 316 g/mol. The average molecular weight is 316 g/mol. The summed E-state index contributed by atoms with van der Waals surface area (Å²) in [7, 11) is 0. The quantitative estimate of drug-likeness (QED) is 0.581. The van der Waals surface area contributed by atoms with Crippen LogP contribution in [0, 0.1) is 0 Å². The van der Waals surface area contributed by atoms with E-state index < -0.39 is 0 Å². The van der Waals surface area contributed by atoms with Gasteiger partial charge in [0.15, 0.2) is 5.82 Å². The topological polar surface area (TPSA) is 25.8 Å². The average Bonchev–Trinajstić information content (AvgIpc) is 2.67. The van der Waals surface area contributed by atoms with Gasteiger partial charge in [-0.15, -0.1) is 0 Å². The predicted molar refractivity (Wildman–Crippen MR) is 101 cm³/mol. The molecule has 0 spiro atoms. The van der Waals surface area contributed by atoms with E-state index in [1.54, 1.807) is 0 Å². The first-order valence-electron chi connectivity index (χ1n) is 8.81. The van der Waals surface area contributed by atoms with E-state index in [1.165, 1.54) is 35.1 Å². The van der Waals surface area contributed by atoms with Gasteiger partial charge in [0, 0.05) is 18.0 Å². The molecule has 0 radical (unpaired) electrons. The summed E-state index contributed by atoms with van der Waals surface area (Å²) in [5.41, 5.74) is 6.11. The van der Waals surface area contributed by atoms with Crippen LogP contribution in [0.25, 0.3) is 22.5 Å². The van der Waals surface area contributed by atoms with Crippen molar-refractivity contribution in [1.82, 2.24) is 9.97 Å². The minimum Gasteiger partial charge on any atom is -0.236 e. The van der Waals surface area contributed by atoms with Gasteiger partial charge in [-0.05, 0) is 41.5 Å². The maximum Gasteiger partial charge on any atom is 0.159 e. The minimum atomic E-state index is 0.795. The van der Waals surface area contributed by atoms with Gasteiger partial charge < -0.3 is 0 Å². The van der Waals surface area contributed by atoms with E-state index in [2.05, 4.69) is 72.3 Å². The summed E-state index contributed by atoms with van der Waals surface area (Å²) in [5, 5.41) is 0. The van der Waals surface area contributed by atoms with Crippen molar-refractivity contribution in [3.63, 3.8) is 0 Å². The van der Waals surface area contributed by atoms with E-state index in [9.17, 15) is 0 Å². The molecule has 122 valence electrons. The fraction of sp³-hybridized carbons (Fsp3) is 0.273. The van der Waals surface area contributed by atoms with Crippen LogP contribution in [0.1, 0.15) is 37.8 Å². The normalized spacial score (nSPS) is 10.8. The highest BCUT2D eigenvalue weighted by molar-refractivity contribution is 5.67. The predicted octanol–water partition coefficient (Wildman–Crippen LogP) is 5.72. The number of aromatic nitrogens is 2. The lowest BCUT2D eigenvalue weighted by Gasteiger charge is -2.06. The molecule has 0 N–H and O–H groups in total. The molecule has 3 rings (SSSR count). The molecule has 0 saturated carbocycles. The molecule has 1 heterocycles. The van der Waals surface area contributed by atoms with Gasteiger partial charge in [0.25, 0.3) is 0 Å². The summed E-state index contributed by atoms with van der Waals surface area (Å²) in [4.78, 5) is 9.03. The minimum absolute atomic E-state index is 0.795. The molecule has 0 aliphatic heterocycles. The van der Waals surface area contributed by atoms with Gasteiger partial charge in [0.2, 0.25) is 0 Å². The Kier molecular flexibility index (Phi) is 5.37. The van der Waals surface area contributed by atoms with Crippen LogP contribution in [-0.4, -0.2) is 9.97 Å². The Balaban J connectivity index is 1.76. The van der Waals surface area contributed by atoms with Gasteiger partial charge in [0.1, 0.15) is 0 Å². The molecule has 0 fully saturated rings. The zero-order chi connectivity index (χ0) is 16.8. The van der Waals surface area contributed by atoms with Crippen LogP contribution < -0.4 is 0 Å². The number of aryl methyl sites for hydroxylation is 2. The molecule has 1 aromatic heterocycles. The number of unbranched alkanes of at least 4 members (excludes halogenated alkanes) is 1. The summed E-state index contributed by atoms with van der Waals surface area (Å²) in [6.07, 6.45) is 8.43. The molecule has 0 unspecified atom stereocenters. The van der Waals surface area contributed by atoms with Crippen molar-refractivity contribution in [2.75, 3.05) is 0 Å². The maximum atomic E-state index is 4.52. The highest BCUT2D eigenvalue weighted by Crippen LogP contribution is 2.23. The summed E-state index contributed by atoms with van der Waals surface area (Å²) >= 11 is 0. The number of rotatable bonds is 6. The third kappa shape index (κ3) is 3.88. The number of nitrogens with zero attached hydrogens (tertiary/aromatic N) is 2. The van der Waals surface area contributed by atoms with Crippen molar-refractivity contribution in [2.24, 2.45) is 0 Å². The first kappa shape index (κ1) is 16.4. The highest BCUT2D eigenvalue weighted by Gasteiger charge is 2.03. The lowest BCUT2D eigenvalue weighted by molar-refractivity contribution is 0.788. The van der Waals surface area contributed by atoms with Gasteiger partial charge in [-0.1, -0.05) is 68.8 Å². The Hall–Kier alpha value is -2.48. The van der Waals surface area contributed by atoms with Crippen LogP contribution in [0.3, 0.4) is 0 Å².